The molecule has 20 heavy (non-hydrogen) atoms. The molecule has 5 nitrogen and oxygen atoms in total. The Morgan fingerprint density at radius 2 is 1.95 bits per heavy atom. The lowest BCUT2D eigenvalue weighted by atomic mass is 10.3. The molecular weight excluding hydrogens is 259 g/mol. The second-order valence-corrected chi connectivity index (χ2v) is 3.91. The number of nitrogens with zero attached hydrogens (tertiary/aromatic N) is 1. The Labute approximate surface area is 116 Å². The van der Waals surface area contributed by atoms with Crippen LogP contribution in [-0.4, -0.2) is 13.1 Å². The number of methoxy groups -OCH3 is 1. The van der Waals surface area contributed by atoms with Crippen LogP contribution in [0.25, 0.3) is 0 Å². The van der Waals surface area contributed by atoms with Gasteiger partial charge in [0, 0.05) is 11.8 Å². The van der Waals surface area contributed by atoms with Gasteiger partial charge in [-0.05, 0) is 24.3 Å². The largest absolute Gasteiger partial charge is 0.494 e. The minimum atomic E-state index is -0.430. The fourth-order valence-corrected chi connectivity index (χ4v) is 1.60. The second-order valence-electron chi connectivity index (χ2n) is 3.91. The zero-order chi connectivity index (χ0) is 14.4. The predicted octanol–water partition coefficient (Wildman–Crippen LogP) is 2.40. The van der Waals surface area contributed by atoms with E-state index in [-0.39, 0.29) is 5.75 Å². The highest BCUT2D eigenvalue weighted by molar-refractivity contribution is 5.95. The summed E-state index contributed by atoms with van der Waals surface area (Å²) in [5.41, 5.74) is 3.80. The number of nitrogens with two attached hydrogens (primary N) is 1. The van der Waals surface area contributed by atoms with Crippen LogP contribution in [0.3, 0.4) is 0 Å². The number of aliphatic imine (C=N–C) groups is 1. The van der Waals surface area contributed by atoms with Crippen LogP contribution in [0, 0.1) is 5.82 Å². The summed E-state index contributed by atoms with van der Waals surface area (Å²) in [4.78, 5) is 4.29. The Balaban J connectivity index is 2.20. The van der Waals surface area contributed by atoms with Gasteiger partial charge in [-0.15, -0.1) is 0 Å². The van der Waals surface area contributed by atoms with Crippen molar-refractivity contribution in [2.45, 2.75) is 0 Å². The first-order valence-corrected chi connectivity index (χ1v) is 5.94. The summed E-state index contributed by atoms with van der Waals surface area (Å²) < 4.78 is 18.2. The van der Waals surface area contributed by atoms with E-state index in [2.05, 4.69) is 15.7 Å². The molecule has 6 heteroatoms. The molecule has 2 rings (SSSR count). The molecule has 0 aliphatic rings. The molecule has 0 saturated carbocycles. The molecule has 0 atom stereocenters. The fourth-order valence-electron chi connectivity index (χ4n) is 1.60. The molecule has 0 unspecified atom stereocenters. The number of hydrogen-bond acceptors (Lipinski definition) is 3. The summed E-state index contributed by atoms with van der Waals surface area (Å²) in [7, 11) is 1.41. The molecule has 0 radical (unpaired) electrons. The van der Waals surface area contributed by atoms with E-state index in [4.69, 9.17) is 10.6 Å². The molecular formula is C14H15FN4O. The molecule has 0 aliphatic carbocycles. The molecule has 0 saturated heterocycles. The quantitative estimate of drug-likeness (QED) is 0.348. The lowest BCUT2D eigenvalue weighted by molar-refractivity contribution is 0.387. The van der Waals surface area contributed by atoms with Crippen molar-refractivity contribution >= 4 is 17.3 Å². The Hall–Kier alpha value is -2.60. The number of guanidine groups is 1. The summed E-state index contributed by atoms with van der Waals surface area (Å²) in [6, 6.07) is 13.7. The average molecular weight is 274 g/mol. The Bertz CT molecular complexity index is 601. The third-order valence-corrected chi connectivity index (χ3v) is 2.55. The highest BCUT2D eigenvalue weighted by Gasteiger charge is 2.05. The van der Waals surface area contributed by atoms with Crippen LogP contribution in [0.4, 0.5) is 15.8 Å². The summed E-state index contributed by atoms with van der Waals surface area (Å²) in [5, 5.41) is 2.95. The van der Waals surface area contributed by atoms with Crippen LogP contribution in [0.1, 0.15) is 0 Å². The smallest absolute Gasteiger partial charge is 0.215 e. The third kappa shape index (κ3) is 3.46. The third-order valence-electron chi connectivity index (χ3n) is 2.55. The van der Waals surface area contributed by atoms with Gasteiger partial charge in [-0.2, -0.15) is 0 Å². The van der Waals surface area contributed by atoms with Crippen LogP contribution < -0.4 is 21.3 Å². The highest BCUT2D eigenvalue weighted by atomic mass is 19.1. The minimum absolute atomic E-state index is 0.145. The summed E-state index contributed by atoms with van der Waals surface area (Å²) >= 11 is 0. The maximum absolute atomic E-state index is 13.3. The Morgan fingerprint density at radius 3 is 2.60 bits per heavy atom. The molecule has 0 aliphatic heterocycles. The van der Waals surface area contributed by atoms with Gasteiger partial charge in [0.1, 0.15) is 0 Å². The lowest BCUT2D eigenvalue weighted by Gasteiger charge is -2.10. The van der Waals surface area contributed by atoms with Crippen molar-refractivity contribution in [2.75, 3.05) is 12.4 Å². The summed E-state index contributed by atoms with van der Waals surface area (Å²) in [5.74, 6) is 5.47. The van der Waals surface area contributed by atoms with E-state index >= 15 is 0 Å². The van der Waals surface area contributed by atoms with Gasteiger partial charge in [0.15, 0.2) is 11.6 Å². The van der Waals surface area contributed by atoms with Crippen molar-refractivity contribution in [1.82, 2.24) is 5.43 Å². The zero-order valence-electron chi connectivity index (χ0n) is 10.9. The number of benzene rings is 2. The monoisotopic (exact) mass is 274 g/mol. The van der Waals surface area contributed by atoms with Crippen molar-refractivity contribution in [3.8, 4) is 5.75 Å². The van der Waals surface area contributed by atoms with E-state index in [0.29, 0.717) is 11.6 Å². The van der Waals surface area contributed by atoms with Gasteiger partial charge < -0.3 is 10.1 Å². The number of hydrazine groups is 1. The van der Waals surface area contributed by atoms with Crippen LogP contribution in [0.5, 0.6) is 5.75 Å². The van der Waals surface area contributed by atoms with Gasteiger partial charge in [-0.25, -0.2) is 15.2 Å². The van der Waals surface area contributed by atoms with E-state index in [9.17, 15) is 4.39 Å². The Kier molecular flexibility index (Phi) is 4.52. The van der Waals surface area contributed by atoms with Crippen LogP contribution >= 0.6 is 0 Å². The van der Waals surface area contributed by atoms with Gasteiger partial charge in [-0.1, -0.05) is 18.2 Å². The van der Waals surface area contributed by atoms with E-state index in [0.717, 1.165) is 5.69 Å². The number of nitrogens with one attached hydrogen (secondary N) is 2. The van der Waals surface area contributed by atoms with Crippen molar-refractivity contribution in [3.05, 3.63) is 54.3 Å². The molecule has 4 N–H and O–H groups in total. The topological polar surface area (TPSA) is 71.7 Å². The summed E-state index contributed by atoms with van der Waals surface area (Å²) in [6.45, 7) is 0. The van der Waals surface area contributed by atoms with Crippen LogP contribution in [0.2, 0.25) is 0 Å². The minimum Gasteiger partial charge on any atom is -0.494 e. The number of para-hydroxylation sites is 1. The van der Waals surface area contributed by atoms with Crippen molar-refractivity contribution in [3.63, 3.8) is 0 Å². The maximum atomic E-state index is 13.3. The molecule has 0 fully saturated rings. The molecule has 104 valence electrons. The molecule has 0 spiro atoms. The van der Waals surface area contributed by atoms with Crippen molar-refractivity contribution in [1.29, 1.82) is 0 Å². The first-order chi connectivity index (χ1) is 9.72. The number of anilines is 1. The van der Waals surface area contributed by atoms with Crippen LogP contribution in [0.15, 0.2) is 53.5 Å². The molecule has 0 heterocycles. The summed E-state index contributed by atoms with van der Waals surface area (Å²) in [6.07, 6.45) is 0. The van der Waals surface area contributed by atoms with Gasteiger partial charge in [0.2, 0.25) is 5.96 Å². The molecule has 0 bridgehead atoms. The van der Waals surface area contributed by atoms with Gasteiger partial charge >= 0.3 is 0 Å². The zero-order valence-corrected chi connectivity index (χ0v) is 10.9. The average Bonchev–Trinajstić information content (AvgIpc) is 2.49. The highest BCUT2D eigenvalue weighted by Crippen LogP contribution is 2.21. The standard InChI is InChI=1S/C14H15FN4O/c1-20-13-9-11(7-8-12(13)15)18-14(19-16)17-10-5-3-2-4-6-10/h2-9H,16H2,1H3,(H2,17,18,19). The normalized spacial score (nSPS) is 11.1. The van der Waals surface area contributed by atoms with Crippen LogP contribution in [-0.2, 0) is 0 Å². The first-order valence-electron chi connectivity index (χ1n) is 5.94. The van der Waals surface area contributed by atoms with Gasteiger partial charge in [0.05, 0.1) is 12.8 Å². The van der Waals surface area contributed by atoms with E-state index in [1.165, 1.54) is 19.2 Å². The van der Waals surface area contributed by atoms with E-state index in [1.54, 1.807) is 6.07 Å². The Morgan fingerprint density at radius 1 is 1.20 bits per heavy atom. The molecule has 2 aromatic rings. The van der Waals surface area contributed by atoms with Gasteiger partial charge in [0.25, 0.3) is 0 Å². The van der Waals surface area contributed by atoms with Crippen molar-refractivity contribution < 1.29 is 9.13 Å². The number of ether oxygens (including phenoxy) is 1. The number of hydrogen-bond donors (Lipinski definition) is 3. The second kappa shape index (κ2) is 6.53. The molecule has 0 amide bonds. The first kappa shape index (κ1) is 13.8. The van der Waals surface area contributed by atoms with E-state index in [1.807, 2.05) is 30.3 Å². The maximum Gasteiger partial charge on any atom is 0.215 e. The van der Waals surface area contributed by atoms with E-state index < -0.39 is 5.82 Å². The predicted molar refractivity (Wildman–Crippen MR) is 77.4 cm³/mol. The molecule has 2 aromatic carbocycles. The fraction of sp³-hybridized carbons (Fsp3) is 0.0714. The van der Waals surface area contributed by atoms with Crippen molar-refractivity contribution in [2.24, 2.45) is 10.8 Å². The number of rotatable bonds is 3. The molecule has 0 aromatic heterocycles. The van der Waals surface area contributed by atoms with Gasteiger partial charge in [-0.3, -0.25) is 5.43 Å². The lowest BCUT2D eigenvalue weighted by Crippen LogP contribution is -2.35. The SMILES string of the molecule is COc1cc(NC(=Nc2ccccc2)NN)ccc1F. The number of halogens is 1.